The predicted molar refractivity (Wildman–Crippen MR) is 145 cm³/mol. The molecule has 0 bridgehead atoms. The topological polar surface area (TPSA) is 84.7 Å². The first-order chi connectivity index (χ1) is 18.6. The number of pyridine rings is 1. The molecule has 2 heterocycles. The number of benzene rings is 2. The molecule has 7 nitrogen and oxygen atoms in total. The fourth-order valence-corrected chi connectivity index (χ4v) is 5.05. The molecule has 5 rings (SSSR count). The smallest absolute Gasteiger partial charge is 0.255 e. The van der Waals surface area contributed by atoms with Crippen LogP contribution < -0.4 is 15.4 Å². The van der Waals surface area contributed by atoms with Gasteiger partial charge in [-0.15, -0.1) is 0 Å². The maximum Gasteiger partial charge on any atom is 0.255 e. The Bertz CT molecular complexity index is 1610. The van der Waals surface area contributed by atoms with Crippen LogP contribution in [-0.4, -0.2) is 41.1 Å². The molecule has 1 fully saturated rings. The average Bonchev–Trinajstić information content (AvgIpc) is 3.60. The number of nitrogens with one attached hydrogen (secondary N) is 2. The average molecular weight is 533 g/mol. The third-order valence-electron chi connectivity index (χ3n) is 7.65. The van der Waals surface area contributed by atoms with Crippen molar-refractivity contribution in [3.8, 4) is 28.1 Å². The minimum Gasteiger partial charge on any atom is -0.496 e. The second-order valence-electron chi connectivity index (χ2n) is 10.3. The number of fused-ring (bicyclic) bond motifs is 1. The van der Waals surface area contributed by atoms with Gasteiger partial charge < -0.3 is 15.4 Å². The van der Waals surface area contributed by atoms with E-state index < -0.39 is 17.5 Å². The first-order valence-corrected chi connectivity index (χ1v) is 12.8. The zero-order valence-electron chi connectivity index (χ0n) is 22.5. The number of ether oxygens (including phenoxy) is 1. The largest absolute Gasteiger partial charge is 0.496 e. The molecule has 1 aliphatic rings. The summed E-state index contributed by atoms with van der Waals surface area (Å²) in [7, 11) is 2.94. The highest BCUT2D eigenvalue weighted by Crippen LogP contribution is 2.43. The van der Waals surface area contributed by atoms with E-state index in [4.69, 9.17) is 4.74 Å². The lowest BCUT2D eigenvalue weighted by Gasteiger charge is -2.22. The molecule has 0 spiro atoms. The number of amides is 2. The fraction of sp³-hybridized carbons (Fsp3) is 0.300. The van der Waals surface area contributed by atoms with Gasteiger partial charge >= 0.3 is 0 Å². The molecular formula is C30H30F2N4O3. The highest BCUT2D eigenvalue weighted by molar-refractivity contribution is 6.07. The Morgan fingerprint density at radius 1 is 1.05 bits per heavy atom. The van der Waals surface area contributed by atoms with Crippen LogP contribution in [0.3, 0.4) is 0 Å². The van der Waals surface area contributed by atoms with Gasteiger partial charge in [0.05, 0.1) is 18.2 Å². The molecule has 0 atom stereocenters. The Hall–Kier alpha value is -4.27. The summed E-state index contributed by atoms with van der Waals surface area (Å²) in [5.74, 6) is -1.25. The molecule has 2 aromatic heterocycles. The Kier molecular flexibility index (Phi) is 6.62. The maximum atomic E-state index is 16.4. The predicted octanol–water partition coefficient (Wildman–Crippen LogP) is 5.54. The highest BCUT2D eigenvalue weighted by atomic mass is 19.1. The lowest BCUT2D eigenvalue weighted by Crippen LogP contribution is -2.40. The van der Waals surface area contributed by atoms with Crippen LogP contribution in [0.4, 0.5) is 8.78 Å². The van der Waals surface area contributed by atoms with E-state index in [-0.39, 0.29) is 39.7 Å². The molecule has 0 unspecified atom stereocenters. The van der Waals surface area contributed by atoms with E-state index in [9.17, 15) is 14.0 Å². The van der Waals surface area contributed by atoms with Gasteiger partial charge in [0.25, 0.3) is 11.8 Å². The molecule has 2 amide bonds. The summed E-state index contributed by atoms with van der Waals surface area (Å²) in [6.45, 7) is 5.95. The molecule has 9 heteroatoms. The quantitative estimate of drug-likeness (QED) is 0.327. The molecule has 202 valence electrons. The van der Waals surface area contributed by atoms with Gasteiger partial charge in [0.1, 0.15) is 22.8 Å². The van der Waals surface area contributed by atoms with E-state index in [1.165, 1.54) is 42.9 Å². The van der Waals surface area contributed by atoms with Crippen LogP contribution in [0.1, 0.15) is 53.0 Å². The Balaban J connectivity index is 1.67. The molecule has 39 heavy (non-hydrogen) atoms. The van der Waals surface area contributed by atoms with Crippen molar-refractivity contribution in [3.63, 3.8) is 0 Å². The van der Waals surface area contributed by atoms with Gasteiger partial charge in [-0.2, -0.15) is 5.10 Å². The van der Waals surface area contributed by atoms with E-state index in [1.54, 1.807) is 31.3 Å². The van der Waals surface area contributed by atoms with Crippen molar-refractivity contribution in [3.05, 3.63) is 77.0 Å². The van der Waals surface area contributed by atoms with Crippen molar-refractivity contribution in [2.75, 3.05) is 14.2 Å². The van der Waals surface area contributed by atoms with Crippen molar-refractivity contribution in [1.29, 1.82) is 0 Å². The van der Waals surface area contributed by atoms with Crippen molar-refractivity contribution in [2.24, 2.45) is 5.92 Å². The zero-order chi connectivity index (χ0) is 28.1. The molecule has 0 radical (unpaired) electrons. The maximum absolute atomic E-state index is 16.4. The van der Waals surface area contributed by atoms with E-state index in [0.717, 1.165) is 12.8 Å². The number of carbonyl (C=O) groups is 2. The molecular weight excluding hydrogens is 502 g/mol. The third kappa shape index (κ3) is 4.51. The van der Waals surface area contributed by atoms with Gasteiger partial charge in [0.15, 0.2) is 5.82 Å². The van der Waals surface area contributed by atoms with Crippen LogP contribution in [0, 0.1) is 24.5 Å². The van der Waals surface area contributed by atoms with Gasteiger partial charge in [-0.3, -0.25) is 9.59 Å². The van der Waals surface area contributed by atoms with Crippen molar-refractivity contribution >= 4 is 17.3 Å². The molecule has 0 saturated heterocycles. The first-order valence-electron chi connectivity index (χ1n) is 12.8. The monoisotopic (exact) mass is 532 g/mol. The number of aromatic nitrogens is 2. The SMILES string of the molecule is CNC(=O)c1c(-c2ccc(F)cc2)nn2ccc(-c3cc(C(=O)NC4(C(C)C)CC4)c(OC)cc3C)c(F)c12. The molecule has 1 aliphatic carbocycles. The lowest BCUT2D eigenvalue weighted by molar-refractivity contribution is 0.0914. The first kappa shape index (κ1) is 26.3. The van der Waals surface area contributed by atoms with Crippen LogP contribution in [0.25, 0.3) is 27.9 Å². The van der Waals surface area contributed by atoms with Crippen LogP contribution in [0.2, 0.25) is 0 Å². The van der Waals surface area contributed by atoms with E-state index in [0.29, 0.717) is 28.0 Å². The number of halogens is 2. The fourth-order valence-electron chi connectivity index (χ4n) is 5.05. The molecule has 2 N–H and O–H groups in total. The van der Waals surface area contributed by atoms with E-state index >= 15 is 4.39 Å². The number of aryl methyl sites for hydroxylation is 1. The number of methoxy groups -OCH3 is 1. The lowest BCUT2D eigenvalue weighted by atomic mass is 9.95. The number of rotatable bonds is 7. The van der Waals surface area contributed by atoms with Crippen molar-refractivity contribution in [2.45, 2.75) is 39.2 Å². The standard InChI is InChI=1S/C30H30F2N4O3/c1-16(2)30(11-12-30)34-28(37)22-15-21(17(3)14-23(22)39-5)20-10-13-36-27(25(20)32)24(29(38)33-4)26(35-36)18-6-8-19(31)9-7-18/h6-10,13-16H,11-12H2,1-5H3,(H,33,38)(H,34,37). The summed E-state index contributed by atoms with van der Waals surface area (Å²) in [5, 5.41) is 10.1. The Morgan fingerprint density at radius 3 is 2.33 bits per heavy atom. The summed E-state index contributed by atoms with van der Waals surface area (Å²) >= 11 is 0. The molecule has 4 aromatic rings. The van der Waals surface area contributed by atoms with Gasteiger partial charge in [-0.25, -0.2) is 13.3 Å². The number of hydrogen-bond acceptors (Lipinski definition) is 4. The van der Waals surface area contributed by atoms with Gasteiger partial charge in [0.2, 0.25) is 0 Å². The molecule has 1 saturated carbocycles. The highest BCUT2D eigenvalue weighted by Gasteiger charge is 2.47. The van der Waals surface area contributed by atoms with Crippen molar-refractivity contribution in [1.82, 2.24) is 20.2 Å². The summed E-state index contributed by atoms with van der Waals surface area (Å²) in [5.41, 5.74) is 2.14. The normalized spacial score (nSPS) is 13.9. The zero-order valence-corrected chi connectivity index (χ0v) is 22.5. The summed E-state index contributed by atoms with van der Waals surface area (Å²) in [6.07, 6.45) is 3.37. The second kappa shape index (κ2) is 9.80. The van der Waals surface area contributed by atoms with E-state index in [1.807, 2.05) is 0 Å². The number of carbonyl (C=O) groups excluding carboxylic acids is 2. The number of nitrogens with zero attached hydrogens (tertiary/aromatic N) is 2. The van der Waals surface area contributed by atoms with Gasteiger partial charge in [-0.1, -0.05) is 13.8 Å². The summed E-state index contributed by atoms with van der Waals surface area (Å²) in [6, 6.07) is 10.4. The Labute approximate surface area is 225 Å². The number of hydrogen-bond donors (Lipinski definition) is 2. The van der Waals surface area contributed by atoms with Crippen LogP contribution in [0.5, 0.6) is 5.75 Å². The van der Waals surface area contributed by atoms with Gasteiger partial charge in [0, 0.05) is 29.9 Å². The summed E-state index contributed by atoms with van der Waals surface area (Å²) < 4.78 is 36.7. The Morgan fingerprint density at radius 2 is 1.74 bits per heavy atom. The second-order valence-corrected chi connectivity index (χ2v) is 10.3. The minimum absolute atomic E-state index is 0.0239. The molecule has 2 aromatic carbocycles. The van der Waals surface area contributed by atoms with Gasteiger partial charge in [-0.05, 0) is 79.3 Å². The van der Waals surface area contributed by atoms with Crippen LogP contribution in [-0.2, 0) is 0 Å². The van der Waals surface area contributed by atoms with Crippen LogP contribution >= 0.6 is 0 Å². The third-order valence-corrected chi connectivity index (χ3v) is 7.65. The summed E-state index contributed by atoms with van der Waals surface area (Å²) in [4.78, 5) is 26.3. The van der Waals surface area contributed by atoms with Crippen molar-refractivity contribution < 1.29 is 23.1 Å². The van der Waals surface area contributed by atoms with E-state index in [2.05, 4.69) is 29.6 Å². The van der Waals surface area contributed by atoms with Crippen LogP contribution in [0.15, 0.2) is 48.7 Å². The molecule has 0 aliphatic heterocycles. The minimum atomic E-state index is -0.669.